The lowest BCUT2D eigenvalue weighted by atomic mass is 9.88. The van der Waals surface area contributed by atoms with E-state index in [1.165, 1.54) is 63.5 Å². The van der Waals surface area contributed by atoms with Crippen molar-refractivity contribution in [2.24, 2.45) is 5.92 Å². The largest absolute Gasteiger partial charge is 0.491 e. The number of aliphatic hydroxyl groups excluding tert-OH is 1. The maximum atomic E-state index is 14.8. The maximum Gasteiger partial charge on any atom is 0.460 e. The van der Waals surface area contributed by atoms with Gasteiger partial charge < -0.3 is 14.3 Å². The van der Waals surface area contributed by atoms with E-state index in [2.05, 4.69) is 0 Å². The third kappa shape index (κ3) is 9.65. The summed E-state index contributed by atoms with van der Waals surface area (Å²) in [6.07, 6.45) is -8.74. The molecule has 0 fully saturated rings. The standard InChI is InChI=1S/C31H38F17NO5Si/c1-17(2)55(18(3)4,54-15-14-53-21-11-9-20(10-12-21)23(51)19(5)7-6-8-22(50)49-52)16-13-24(32,33)25(34,35)26(36,37)27(38,39)28(40,41)29(42,43)30(44,45)31(46,47)48/h6,8-12,17-19,23,51-52H,7,13-16H2,1-5H3,(H,49,50)/b8-6+/t19-,23+/m0/s1. The molecule has 24 heteroatoms. The maximum absolute atomic E-state index is 14.8. The topological polar surface area (TPSA) is 88.0 Å². The zero-order chi connectivity index (χ0) is 43.4. The van der Waals surface area contributed by atoms with E-state index < -0.39 is 104 Å². The number of benzene rings is 1. The molecule has 320 valence electrons. The molecule has 55 heavy (non-hydrogen) atoms. The molecule has 6 nitrogen and oxygen atoms in total. The molecule has 0 saturated carbocycles. The molecule has 0 unspecified atom stereocenters. The number of hydroxylamine groups is 1. The third-order valence-corrected chi connectivity index (χ3v) is 14.6. The summed E-state index contributed by atoms with van der Waals surface area (Å²) in [4.78, 5) is 11.1. The Morgan fingerprint density at radius 1 is 0.709 bits per heavy atom. The molecule has 0 saturated heterocycles. The highest BCUT2D eigenvalue weighted by atomic mass is 28.4. The van der Waals surface area contributed by atoms with E-state index in [0.29, 0.717) is 5.56 Å². The number of hydrogen-bond donors (Lipinski definition) is 3. The molecule has 0 radical (unpaired) electrons. The number of allylic oxidation sites excluding steroid dienone is 1. The van der Waals surface area contributed by atoms with Gasteiger partial charge in [0.2, 0.25) is 0 Å². The van der Waals surface area contributed by atoms with Gasteiger partial charge in [-0.1, -0.05) is 52.8 Å². The number of carbonyl (C=O) groups excluding carboxylic acids is 1. The zero-order valence-corrected chi connectivity index (χ0v) is 30.4. The van der Waals surface area contributed by atoms with Crippen molar-refractivity contribution in [3.05, 3.63) is 42.0 Å². The minimum atomic E-state index is -8.68. The summed E-state index contributed by atoms with van der Waals surface area (Å²) in [7, 11) is -3.95. The molecule has 1 aromatic rings. The summed E-state index contributed by atoms with van der Waals surface area (Å²) >= 11 is 0. The molecular formula is C31H38F17NO5Si. The molecule has 0 aliphatic carbocycles. The van der Waals surface area contributed by atoms with Gasteiger partial charge in [-0.3, -0.25) is 10.0 Å². The second-order valence-corrected chi connectivity index (χ2v) is 18.2. The predicted octanol–water partition coefficient (Wildman–Crippen LogP) is 10.4. The van der Waals surface area contributed by atoms with Gasteiger partial charge in [0, 0.05) is 12.5 Å². The van der Waals surface area contributed by atoms with Gasteiger partial charge in [-0.2, -0.15) is 74.6 Å². The average Bonchev–Trinajstić information content (AvgIpc) is 3.06. The van der Waals surface area contributed by atoms with Crippen molar-refractivity contribution >= 4 is 14.2 Å². The Morgan fingerprint density at radius 2 is 1.15 bits per heavy atom. The van der Waals surface area contributed by atoms with Gasteiger partial charge in [-0.15, -0.1) is 0 Å². The summed E-state index contributed by atoms with van der Waals surface area (Å²) in [6, 6.07) is 4.36. The fourth-order valence-electron chi connectivity index (χ4n) is 5.39. The number of ether oxygens (including phenoxy) is 1. The van der Waals surface area contributed by atoms with Crippen molar-refractivity contribution in [1.29, 1.82) is 0 Å². The van der Waals surface area contributed by atoms with Gasteiger partial charge in [0.05, 0.1) is 12.7 Å². The Kier molecular flexibility index (Phi) is 15.8. The van der Waals surface area contributed by atoms with Crippen molar-refractivity contribution in [2.75, 3.05) is 13.2 Å². The number of halogens is 17. The number of amides is 1. The number of rotatable bonds is 21. The lowest BCUT2D eigenvalue weighted by molar-refractivity contribution is -0.461. The number of aliphatic hydroxyl groups is 1. The van der Waals surface area contributed by atoms with E-state index in [4.69, 9.17) is 14.4 Å². The van der Waals surface area contributed by atoms with E-state index in [9.17, 15) is 84.5 Å². The molecule has 1 rings (SSSR count). The Balaban J connectivity index is 3.20. The Morgan fingerprint density at radius 3 is 1.56 bits per heavy atom. The number of alkyl halides is 17. The first-order chi connectivity index (χ1) is 24.6. The second-order valence-electron chi connectivity index (χ2n) is 13.2. The van der Waals surface area contributed by atoms with Crippen LogP contribution < -0.4 is 10.2 Å². The summed E-state index contributed by atoms with van der Waals surface area (Å²) < 4.78 is 245. The van der Waals surface area contributed by atoms with Gasteiger partial charge >= 0.3 is 47.6 Å². The van der Waals surface area contributed by atoms with Crippen LogP contribution in [0.5, 0.6) is 5.75 Å². The Hall–Kier alpha value is -2.86. The van der Waals surface area contributed by atoms with Crippen LogP contribution in [0.15, 0.2) is 36.4 Å². The SMILES string of the molecule is CC(C)[Si](CCC(F)(F)C(F)(F)C(F)(F)C(F)(F)C(F)(F)C(F)(F)C(F)(F)C(F)(F)F)(OCCOc1ccc([C@H](O)[C@@H](C)C/C=C/C(=O)NO)cc1)C(C)C. The summed E-state index contributed by atoms with van der Waals surface area (Å²) in [6.45, 7) is 6.04. The molecule has 0 spiro atoms. The number of hydrogen-bond acceptors (Lipinski definition) is 5. The Bertz CT molecular complexity index is 1430. The molecule has 0 bridgehead atoms. The highest BCUT2D eigenvalue weighted by Crippen LogP contribution is 2.64. The van der Waals surface area contributed by atoms with E-state index in [1.54, 1.807) is 6.92 Å². The van der Waals surface area contributed by atoms with Crippen LogP contribution in [-0.4, -0.2) is 85.4 Å². The molecule has 0 heterocycles. The summed E-state index contributed by atoms with van der Waals surface area (Å²) in [5, 5.41) is 19.0. The highest BCUT2D eigenvalue weighted by Gasteiger charge is 2.95. The minimum Gasteiger partial charge on any atom is -0.491 e. The first-order valence-corrected chi connectivity index (χ1v) is 18.2. The fraction of sp³-hybridized carbons (Fsp3) is 0.710. The summed E-state index contributed by atoms with van der Waals surface area (Å²) in [5.41, 5.74) is 0.0748. The molecule has 2 atom stereocenters. The lowest BCUT2D eigenvalue weighted by Gasteiger charge is -2.44. The van der Waals surface area contributed by atoms with E-state index in [0.717, 1.165) is 6.08 Å². The van der Waals surface area contributed by atoms with Gasteiger partial charge in [0.15, 0.2) is 8.32 Å². The predicted molar refractivity (Wildman–Crippen MR) is 162 cm³/mol. The molecule has 0 aromatic heterocycles. The van der Waals surface area contributed by atoms with Crippen molar-refractivity contribution in [3.63, 3.8) is 0 Å². The molecule has 1 aromatic carbocycles. The number of carbonyl (C=O) groups is 1. The Labute approximate surface area is 304 Å². The van der Waals surface area contributed by atoms with E-state index in [1.807, 2.05) is 0 Å². The third-order valence-electron chi connectivity index (χ3n) is 8.94. The molecular weight excluding hydrogens is 817 g/mol. The van der Waals surface area contributed by atoms with Gasteiger partial charge in [0.25, 0.3) is 5.91 Å². The van der Waals surface area contributed by atoms with Crippen LogP contribution in [0.3, 0.4) is 0 Å². The highest BCUT2D eigenvalue weighted by molar-refractivity contribution is 6.76. The first-order valence-electron chi connectivity index (χ1n) is 15.9. The second kappa shape index (κ2) is 17.3. The van der Waals surface area contributed by atoms with Crippen molar-refractivity contribution in [3.8, 4) is 5.75 Å². The quantitative estimate of drug-likeness (QED) is 0.0286. The van der Waals surface area contributed by atoms with Crippen LogP contribution in [0.25, 0.3) is 0 Å². The smallest absolute Gasteiger partial charge is 0.460 e. The van der Waals surface area contributed by atoms with Crippen LogP contribution in [0, 0.1) is 5.92 Å². The molecule has 0 aliphatic rings. The van der Waals surface area contributed by atoms with Gasteiger partial charge in [-0.05, 0) is 47.2 Å². The van der Waals surface area contributed by atoms with Crippen LogP contribution in [0.4, 0.5) is 74.6 Å². The van der Waals surface area contributed by atoms with Crippen LogP contribution in [0.2, 0.25) is 17.1 Å². The minimum absolute atomic E-state index is 0.151. The van der Waals surface area contributed by atoms with Gasteiger partial charge in [-0.25, -0.2) is 5.48 Å². The van der Waals surface area contributed by atoms with Crippen molar-refractivity contribution < 1.29 is 98.9 Å². The van der Waals surface area contributed by atoms with Crippen LogP contribution in [-0.2, 0) is 9.22 Å². The zero-order valence-electron chi connectivity index (χ0n) is 29.4. The van der Waals surface area contributed by atoms with Crippen molar-refractivity contribution in [1.82, 2.24) is 5.48 Å². The fourth-order valence-corrected chi connectivity index (χ4v) is 9.86. The molecule has 1 amide bonds. The van der Waals surface area contributed by atoms with E-state index in [-0.39, 0.29) is 18.8 Å². The average molecular weight is 856 g/mol. The lowest BCUT2D eigenvalue weighted by Crippen LogP contribution is -2.74. The van der Waals surface area contributed by atoms with Crippen molar-refractivity contribution in [2.45, 2.75) is 118 Å². The van der Waals surface area contributed by atoms with Gasteiger partial charge in [0.1, 0.15) is 12.4 Å². The molecule has 0 aliphatic heterocycles. The summed E-state index contributed by atoms with van der Waals surface area (Å²) in [5.74, 6) is -57.8. The van der Waals surface area contributed by atoms with Crippen LogP contribution in [0.1, 0.15) is 59.1 Å². The molecule has 3 N–H and O–H groups in total. The monoisotopic (exact) mass is 855 g/mol. The van der Waals surface area contributed by atoms with E-state index >= 15 is 0 Å². The first kappa shape index (κ1) is 50.2. The number of nitrogens with one attached hydrogen (secondary N) is 1. The normalized spacial score (nSPS) is 15.9. The van der Waals surface area contributed by atoms with Crippen LogP contribution >= 0.6 is 0 Å².